The number of benzene rings is 2. The third-order valence-electron chi connectivity index (χ3n) is 7.13. The van der Waals surface area contributed by atoms with Crippen molar-refractivity contribution in [1.82, 2.24) is 30.0 Å². The summed E-state index contributed by atoms with van der Waals surface area (Å²) in [5.74, 6) is -4.69. The van der Waals surface area contributed by atoms with Crippen molar-refractivity contribution in [2.45, 2.75) is 37.2 Å². The summed E-state index contributed by atoms with van der Waals surface area (Å²) in [5, 5.41) is 18.8. The lowest BCUT2D eigenvalue weighted by Crippen LogP contribution is -2.31. The topological polar surface area (TPSA) is 172 Å². The molecule has 2 amide bonds. The quantitative estimate of drug-likeness (QED) is 0.239. The Morgan fingerprint density at radius 3 is 2.55 bits per heavy atom. The minimum absolute atomic E-state index is 0.172. The van der Waals surface area contributed by atoms with Gasteiger partial charge in [0.25, 0.3) is 11.8 Å². The van der Waals surface area contributed by atoms with Crippen LogP contribution in [0, 0.1) is 18.6 Å². The molecule has 42 heavy (non-hydrogen) atoms. The predicted octanol–water partition coefficient (Wildman–Crippen LogP) is 2.27. The Hall–Kier alpha value is -4.76. The van der Waals surface area contributed by atoms with Crippen LogP contribution < -0.4 is 15.4 Å². The highest BCUT2D eigenvalue weighted by Gasteiger charge is 2.30. The number of halogens is 2. The maximum atomic E-state index is 13.6. The Labute approximate surface area is 237 Å². The lowest BCUT2D eigenvalue weighted by Gasteiger charge is -2.16. The Bertz CT molecular complexity index is 1890. The molecule has 4 N–H and O–H groups in total. The Morgan fingerprint density at radius 1 is 1.10 bits per heavy atom. The number of fused-ring (bicyclic) bond motifs is 2. The first-order valence-electron chi connectivity index (χ1n) is 12.6. The lowest BCUT2D eigenvalue weighted by atomic mass is 9.98. The second-order valence-corrected chi connectivity index (χ2v) is 11.4. The van der Waals surface area contributed by atoms with E-state index in [2.05, 4.69) is 25.4 Å². The summed E-state index contributed by atoms with van der Waals surface area (Å²) >= 11 is 0. The minimum Gasteiger partial charge on any atom is -0.478 e. The third kappa shape index (κ3) is 5.19. The second-order valence-electron chi connectivity index (χ2n) is 9.59. The van der Waals surface area contributed by atoms with Crippen molar-refractivity contribution < 1.29 is 36.7 Å². The molecule has 15 heteroatoms. The largest absolute Gasteiger partial charge is 0.478 e. The summed E-state index contributed by atoms with van der Waals surface area (Å²) in [6.45, 7) is 1.50. The molecule has 0 fully saturated rings. The van der Waals surface area contributed by atoms with E-state index in [0.29, 0.717) is 18.4 Å². The molecule has 0 bridgehead atoms. The highest BCUT2D eigenvalue weighted by molar-refractivity contribution is 7.89. The van der Waals surface area contributed by atoms with Crippen LogP contribution >= 0.6 is 0 Å². The first-order chi connectivity index (χ1) is 19.9. The molecule has 2 aromatic heterocycles. The van der Waals surface area contributed by atoms with E-state index >= 15 is 0 Å². The van der Waals surface area contributed by atoms with Gasteiger partial charge in [-0.1, -0.05) is 12.1 Å². The van der Waals surface area contributed by atoms with E-state index in [4.69, 9.17) is 0 Å². The molecule has 1 aliphatic carbocycles. The van der Waals surface area contributed by atoms with Crippen LogP contribution in [0.1, 0.15) is 66.1 Å². The Morgan fingerprint density at radius 2 is 1.86 bits per heavy atom. The summed E-state index contributed by atoms with van der Waals surface area (Å²) in [6, 6.07) is 6.89. The van der Waals surface area contributed by atoms with Gasteiger partial charge in [0.2, 0.25) is 10.0 Å². The summed E-state index contributed by atoms with van der Waals surface area (Å²) in [6.07, 6.45) is 2.01. The zero-order chi connectivity index (χ0) is 30.3. The molecule has 5 rings (SSSR count). The monoisotopic (exact) mass is 598 g/mol. The van der Waals surface area contributed by atoms with Gasteiger partial charge in [-0.2, -0.15) is 5.10 Å². The highest BCUT2D eigenvalue weighted by Crippen LogP contribution is 2.35. The number of rotatable bonds is 8. The van der Waals surface area contributed by atoms with Crippen LogP contribution in [-0.2, 0) is 23.0 Å². The van der Waals surface area contributed by atoms with E-state index in [0.717, 1.165) is 40.0 Å². The van der Waals surface area contributed by atoms with Gasteiger partial charge in [0.15, 0.2) is 17.3 Å². The van der Waals surface area contributed by atoms with Gasteiger partial charge in [-0.25, -0.2) is 36.2 Å². The molecule has 0 spiro atoms. The van der Waals surface area contributed by atoms with Crippen molar-refractivity contribution in [1.29, 1.82) is 0 Å². The number of amides is 2. The lowest BCUT2D eigenvalue weighted by molar-refractivity contribution is 0.0695. The number of aromatic carboxylic acids is 1. The van der Waals surface area contributed by atoms with Gasteiger partial charge in [-0.05, 0) is 67.3 Å². The molecule has 1 aliphatic rings. The zero-order valence-corrected chi connectivity index (χ0v) is 23.1. The van der Waals surface area contributed by atoms with E-state index in [9.17, 15) is 36.7 Å². The standard InChI is InChI=1S/C27H24F2N6O6S/c1-13-15-6-8-20(17(15)5-4-16(13)27(38)39)34-26(37)22-10-21(25(36)31-11-14-3-7-18(28)19(29)9-14)33-24-23(12-32-35(22)24)42(40,41)30-2/h3-5,7,9-10,12,20,30H,6,8,11H2,1-2H3,(H,31,36)(H,34,37)(H,38,39)/t20-/m0/s1. The van der Waals surface area contributed by atoms with E-state index in [-0.39, 0.29) is 39.6 Å². The fourth-order valence-corrected chi connectivity index (χ4v) is 5.72. The predicted molar refractivity (Wildman–Crippen MR) is 143 cm³/mol. The van der Waals surface area contributed by atoms with Gasteiger partial charge in [0, 0.05) is 12.6 Å². The Balaban J connectivity index is 1.49. The molecule has 218 valence electrons. The average Bonchev–Trinajstić information content (AvgIpc) is 3.58. The number of hydrogen-bond acceptors (Lipinski definition) is 7. The van der Waals surface area contributed by atoms with Gasteiger partial charge in [0.05, 0.1) is 17.8 Å². The zero-order valence-electron chi connectivity index (χ0n) is 22.2. The molecule has 0 aliphatic heterocycles. The molecule has 2 aromatic carbocycles. The van der Waals surface area contributed by atoms with Crippen LogP contribution in [0.5, 0.6) is 0 Å². The summed E-state index contributed by atoms with van der Waals surface area (Å²) < 4.78 is 55.2. The fourth-order valence-electron chi connectivity index (χ4n) is 4.94. The first-order valence-corrected chi connectivity index (χ1v) is 14.1. The van der Waals surface area contributed by atoms with Crippen LogP contribution in [0.3, 0.4) is 0 Å². The van der Waals surface area contributed by atoms with Crippen molar-refractivity contribution in [2.24, 2.45) is 0 Å². The molecule has 0 radical (unpaired) electrons. The number of carboxylic acid groups (broad SMARTS) is 1. The SMILES string of the molecule is CNS(=O)(=O)c1cnn2c(C(=O)N[C@H]3CCc4c3ccc(C(=O)O)c4C)cc(C(=O)NCc3ccc(F)c(F)c3)nc12. The Kier molecular flexibility index (Phi) is 7.47. The van der Waals surface area contributed by atoms with Gasteiger partial charge in [0.1, 0.15) is 16.3 Å². The molecular weight excluding hydrogens is 574 g/mol. The average molecular weight is 599 g/mol. The third-order valence-corrected chi connectivity index (χ3v) is 8.53. The molecule has 2 heterocycles. The summed E-state index contributed by atoms with van der Waals surface area (Å²) in [4.78, 5) is 41.9. The van der Waals surface area contributed by atoms with Crippen molar-refractivity contribution in [2.75, 3.05) is 7.05 Å². The minimum atomic E-state index is -4.09. The molecule has 12 nitrogen and oxygen atoms in total. The van der Waals surface area contributed by atoms with E-state index < -0.39 is 45.5 Å². The number of nitrogens with zero attached hydrogens (tertiary/aromatic N) is 3. The van der Waals surface area contributed by atoms with Gasteiger partial charge in [-0.3, -0.25) is 9.59 Å². The van der Waals surface area contributed by atoms with Gasteiger partial charge >= 0.3 is 5.97 Å². The van der Waals surface area contributed by atoms with Crippen LogP contribution in [0.15, 0.2) is 47.5 Å². The van der Waals surface area contributed by atoms with Crippen molar-refractivity contribution in [3.63, 3.8) is 0 Å². The van der Waals surface area contributed by atoms with Gasteiger partial charge in [-0.15, -0.1) is 0 Å². The first kappa shape index (κ1) is 28.8. The number of nitrogens with one attached hydrogen (secondary N) is 3. The highest BCUT2D eigenvalue weighted by atomic mass is 32.2. The number of carbonyl (C=O) groups is 3. The van der Waals surface area contributed by atoms with Crippen LogP contribution in [-0.4, -0.2) is 53.0 Å². The van der Waals surface area contributed by atoms with E-state index in [1.54, 1.807) is 13.0 Å². The molecule has 0 saturated heterocycles. The van der Waals surface area contributed by atoms with E-state index in [1.165, 1.54) is 19.2 Å². The number of sulfonamides is 1. The fraction of sp³-hybridized carbons (Fsp3) is 0.222. The maximum absolute atomic E-state index is 13.6. The number of carbonyl (C=O) groups excluding carboxylic acids is 2. The summed E-state index contributed by atoms with van der Waals surface area (Å²) in [7, 11) is -2.91. The van der Waals surface area contributed by atoms with Crippen molar-refractivity contribution in [3.8, 4) is 0 Å². The molecule has 1 atom stereocenters. The molecule has 0 saturated carbocycles. The van der Waals surface area contributed by atoms with E-state index in [1.807, 2.05) is 0 Å². The molecule has 0 unspecified atom stereocenters. The molecule has 4 aromatic rings. The second kappa shape index (κ2) is 10.9. The summed E-state index contributed by atoms with van der Waals surface area (Å²) in [5.41, 5.74) is 1.80. The number of hydrogen-bond donors (Lipinski definition) is 4. The van der Waals surface area contributed by atoms with Gasteiger partial charge < -0.3 is 15.7 Å². The number of aromatic nitrogens is 3. The van der Waals surface area contributed by atoms with Crippen molar-refractivity contribution >= 4 is 33.5 Å². The van der Waals surface area contributed by atoms with Crippen LogP contribution in [0.25, 0.3) is 5.65 Å². The smallest absolute Gasteiger partial charge is 0.335 e. The maximum Gasteiger partial charge on any atom is 0.335 e. The van der Waals surface area contributed by atoms with Crippen LogP contribution in [0.2, 0.25) is 0 Å². The normalized spacial score (nSPS) is 14.5. The van der Waals surface area contributed by atoms with Crippen LogP contribution in [0.4, 0.5) is 8.78 Å². The molecular formula is C27H24F2N6O6S. The number of carboxylic acids is 1. The van der Waals surface area contributed by atoms with Crippen molar-refractivity contribution in [3.05, 3.63) is 93.4 Å².